The lowest BCUT2D eigenvalue weighted by molar-refractivity contribution is 0.786. The molecule has 4 nitrogen and oxygen atoms in total. The predicted molar refractivity (Wildman–Crippen MR) is 84.9 cm³/mol. The maximum atomic E-state index is 4.64. The summed E-state index contributed by atoms with van der Waals surface area (Å²) in [4.78, 5) is 9.01. The van der Waals surface area contributed by atoms with Gasteiger partial charge in [0, 0.05) is 24.7 Å². The Hall–Kier alpha value is -2.10. The number of rotatable bonds is 5. The fourth-order valence-corrected chi connectivity index (χ4v) is 2.04. The molecule has 20 heavy (non-hydrogen) atoms. The second kappa shape index (κ2) is 7.48. The first-order valence-corrected chi connectivity index (χ1v) is 7.20. The minimum Gasteiger partial charge on any atom is -0.357 e. The summed E-state index contributed by atoms with van der Waals surface area (Å²) >= 11 is 0. The van der Waals surface area contributed by atoms with E-state index in [2.05, 4.69) is 40.5 Å². The largest absolute Gasteiger partial charge is 0.357 e. The highest BCUT2D eigenvalue weighted by molar-refractivity contribution is 5.83. The van der Waals surface area contributed by atoms with Crippen LogP contribution in [0.1, 0.15) is 25.8 Å². The molecule has 0 fully saturated rings. The number of hydrogen-bond donors (Lipinski definition) is 2. The van der Waals surface area contributed by atoms with Crippen molar-refractivity contribution in [2.75, 3.05) is 13.1 Å². The van der Waals surface area contributed by atoms with Gasteiger partial charge in [-0.25, -0.2) is 4.99 Å². The Bertz CT molecular complexity index is 572. The zero-order valence-electron chi connectivity index (χ0n) is 12.2. The molecular formula is C16H22N4. The third-order valence-electron chi connectivity index (χ3n) is 3.03. The van der Waals surface area contributed by atoms with Crippen LogP contribution in [0, 0.1) is 0 Å². The molecule has 2 aromatic rings. The van der Waals surface area contributed by atoms with Crippen LogP contribution in [-0.4, -0.2) is 24.0 Å². The molecule has 1 heterocycles. The molecule has 2 N–H and O–H groups in total. The van der Waals surface area contributed by atoms with Crippen LogP contribution in [0.4, 0.5) is 0 Å². The van der Waals surface area contributed by atoms with Gasteiger partial charge < -0.3 is 10.6 Å². The zero-order chi connectivity index (χ0) is 14.2. The number of guanidine groups is 1. The van der Waals surface area contributed by atoms with Crippen molar-refractivity contribution < 1.29 is 0 Å². The number of benzene rings is 1. The van der Waals surface area contributed by atoms with Crippen molar-refractivity contribution in [3.63, 3.8) is 0 Å². The fourth-order valence-electron chi connectivity index (χ4n) is 2.04. The molecule has 0 unspecified atom stereocenters. The summed E-state index contributed by atoms with van der Waals surface area (Å²) in [6, 6.07) is 10.2. The number of para-hydroxylation sites is 1. The lowest BCUT2D eigenvalue weighted by atomic mass is 10.1. The van der Waals surface area contributed by atoms with Crippen LogP contribution in [0.15, 0.2) is 41.5 Å². The third kappa shape index (κ3) is 3.70. The Morgan fingerprint density at radius 3 is 2.80 bits per heavy atom. The van der Waals surface area contributed by atoms with Gasteiger partial charge in [-0.2, -0.15) is 0 Å². The van der Waals surface area contributed by atoms with E-state index in [1.807, 2.05) is 30.5 Å². The number of pyridine rings is 1. The molecule has 2 rings (SSSR count). The van der Waals surface area contributed by atoms with Gasteiger partial charge in [-0.1, -0.05) is 25.1 Å². The number of fused-ring (bicyclic) bond motifs is 1. The van der Waals surface area contributed by atoms with Gasteiger partial charge in [0.2, 0.25) is 0 Å². The van der Waals surface area contributed by atoms with Gasteiger partial charge in [0.05, 0.1) is 12.1 Å². The Morgan fingerprint density at radius 2 is 2.00 bits per heavy atom. The molecule has 0 radical (unpaired) electrons. The summed E-state index contributed by atoms with van der Waals surface area (Å²) in [6.45, 7) is 6.68. The van der Waals surface area contributed by atoms with E-state index in [1.165, 1.54) is 10.9 Å². The molecule has 1 aromatic heterocycles. The molecule has 0 saturated heterocycles. The smallest absolute Gasteiger partial charge is 0.191 e. The maximum absolute atomic E-state index is 4.64. The highest BCUT2D eigenvalue weighted by atomic mass is 15.2. The van der Waals surface area contributed by atoms with E-state index < -0.39 is 0 Å². The minimum atomic E-state index is 0.655. The van der Waals surface area contributed by atoms with Crippen molar-refractivity contribution in [2.45, 2.75) is 26.8 Å². The molecular weight excluding hydrogens is 248 g/mol. The first kappa shape index (κ1) is 14.3. The highest BCUT2D eigenvalue weighted by Gasteiger charge is 2.01. The van der Waals surface area contributed by atoms with Crippen LogP contribution in [-0.2, 0) is 6.54 Å². The van der Waals surface area contributed by atoms with Gasteiger partial charge in [0.15, 0.2) is 5.96 Å². The fraction of sp³-hybridized carbons (Fsp3) is 0.375. The first-order valence-electron chi connectivity index (χ1n) is 7.20. The molecule has 0 saturated carbocycles. The molecule has 4 heteroatoms. The van der Waals surface area contributed by atoms with Crippen LogP contribution in [0.25, 0.3) is 10.9 Å². The van der Waals surface area contributed by atoms with E-state index in [0.717, 1.165) is 31.0 Å². The molecule has 0 aliphatic rings. The number of hydrogen-bond acceptors (Lipinski definition) is 2. The molecule has 0 aliphatic carbocycles. The topological polar surface area (TPSA) is 49.3 Å². The van der Waals surface area contributed by atoms with E-state index in [-0.39, 0.29) is 0 Å². The van der Waals surface area contributed by atoms with E-state index >= 15 is 0 Å². The first-order chi connectivity index (χ1) is 9.85. The van der Waals surface area contributed by atoms with Crippen molar-refractivity contribution in [1.29, 1.82) is 0 Å². The molecule has 0 spiro atoms. The minimum absolute atomic E-state index is 0.655. The van der Waals surface area contributed by atoms with E-state index in [9.17, 15) is 0 Å². The van der Waals surface area contributed by atoms with Gasteiger partial charge in [-0.05, 0) is 31.0 Å². The van der Waals surface area contributed by atoms with Crippen LogP contribution in [0.5, 0.6) is 0 Å². The molecule has 0 atom stereocenters. The summed E-state index contributed by atoms with van der Waals surface area (Å²) in [7, 11) is 0. The highest BCUT2D eigenvalue weighted by Crippen LogP contribution is 2.16. The summed E-state index contributed by atoms with van der Waals surface area (Å²) in [5.74, 6) is 0.871. The second-order valence-electron chi connectivity index (χ2n) is 4.61. The monoisotopic (exact) mass is 270 g/mol. The van der Waals surface area contributed by atoms with Gasteiger partial charge in [-0.3, -0.25) is 4.98 Å². The SMILES string of the molecule is CCCNC(=NCc1ccnc2ccccc12)NCC. The van der Waals surface area contributed by atoms with Crippen molar-refractivity contribution in [2.24, 2.45) is 4.99 Å². The lowest BCUT2D eigenvalue weighted by Crippen LogP contribution is -2.37. The third-order valence-corrected chi connectivity index (χ3v) is 3.03. The Balaban J connectivity index is 2.17. The van der Waals surface area contributed by atoms with Crippen LogP contribution in [0.2, 0.25) is 0 Å². The lowest BCUT2D eigenvalue weighted by Gasteiger charge is -2.10. The van der Waals surface area contributed by atoms with Gasteiger partial charge >= 0.3 is 0 Å². The average Bonchev–Trinajstić information content (AvgIpc) is 2.50. The zero-order valence-corrected chi connectivity index (χ0v) is 12.2. The Labute approximate surface area is 120 Å². The number of nitrogens with zero attached hydrogens (tertiary/aromatic N) is 2. The van der Waals surface area contributed by atoms with Gasteiger partial charge in [0.25, 0.3) is 0 Å². The van der Waals surface area contributed by atoms with Crippen molar-refractivity contribution in [3.8, 4) is 0 Å². The van der Waals surface area contributed by atoms with E-state index in [0.29, 0.717) is 6.54 Å². The second-order valence-corrected chi connectivity index (χ2v) is 4.61. The Morgan fingerprint density at radius 1 is 1.15 bits per heavy atom. The quantitative estimate of drug-likeness (QED) is 0.649. The summed E-state index contributed by atoms with van der Waals surface area (Å²) in [5, 5.41) is 7.74. The molecule has 0 aliphatic heterocycles. The molecule has 0 bridgehead atoms. The number of nitrogens with one attached hydrogen (secondary N) is 2. The maximum Gasteiger partial charge on any atom is 0.191 e. The van der Waals surface area contributed by atoms with E-state index in [1.54, 1.807) is 0 Å². The summed E-state index contributed by atoms with van der Waals surface area (Å²) in [6.07, 6.45) is 2.93. The number of aliphatic imine (C=N–C) groups is 1. The van der Waals surface area contributed by atoms with Crippen LogP contribution in [0.3, 0.4) is 0 Å². The van der Waals surface area contributed by atoms with Crippen LogP contribution >= 0.6 is 0 Å². The predicted octanol–water partition coefficient (Wildman–Crippen LogP) is 2.70. The van der Waals surface area contributed by atoms with Gasteiger partial charge in [-0.15, -0.1) is 0 Å². The number of aromatic nitrogens is 1. The van der Waals surface area contributed by atoms with Crippen LogP contribution < -0.4 is 10.6 Å². The molecule has 1 aromatic carbocycles. The standard InChI is InChI=1S/C16H22N4/c1-3-10-19-16(17-4-2)20-12-13-9-11-18-15-8-6-5-7-14(13)15/h5-9,11H,3-4,10,12H2,1-2H3,(H2,17,19,20). The van der Waals surface area contributed by atoms with Crippen molar-refractivity contribution in [3.05, 3.63) is 42.1 Å². The summed E-state index contributed by atoms with van der Waals surface area (Å²) in [5.41, 5.74) is 2.22. The van der Waals surface area contributed by atoms with E-state index in [4.69, 9.17) is 0 Å². The van der Waals surface area contributed by atoms with Gasteiger partial charge in [0.1, 0.15) is 0 Å². The molecule has 0 amide bonds. The van der Waals surface area contributed by atoms with Crippen molar-refractivity contribution in [1.82, 2.24) is 15.6 Å². The average molecular weight is 270 g/mol. The molecule has 106 valence electrons. The Kier molecular flexibility index (Phi) is 5.35. The normalized spacial score (nSPS) is 11.6. The van der Waals surface area contributed by atoms with Crippen molar-refractivity contribution >= 4 is 16.9 Å². The summed E-state index contributed by atoms with van der Waals surface area (Å²) < 4.78 is 0.